The number of carbonyl (C=O) groups excluding carboxylic acids is 1. The topological polar surface area (TPSA) is 85.1 Å². The van der Waals surface area contributed by atoms with Crippen LogP contribution < -0.4 is 11.1 Å². The van der Waals surface area contributed by atoms with Gasteiger partial charge in [0.1, 0.15) is 5.75 Å². The van der Waals surface area contributed by atoms with Gasteiger partial charge in [-0.05, 0) is 30.5 Å². The zero-order valence-electron chi connectivity index (χ0n) is 12.1. The van der Waals surface area contributed by atoms with E-state index in [2.05, 4.69) is 24.1 Å². The fourth-order valence-electron chi connectivity index (χ4n) is 1.75. The molecule has 0 saturated heterocycles. The maximum atomic E-state index is 12.2. The highest BCUT2D eigenvalue weighted by Crippen LogP contribution is 2.26. The van der Waals surface area contributed by atoms with Gasteiger partial charge in [-0.2, -0.15) is 0 Å². The second-order valence-corrected chi connectivity index (χ2v) is 7.88. The molecule has 0 fully saturated rings. The van der Waals surface area contributed by atoms with Crippen LogP contribution in [0.3, 0.4) is 0 Å². The molecule has 1 aromatic carbocycles. The molecule has 0 saturated carbocycles. The van der Waals surface area contributed by atoms with E-state index in [0.717, 1.165) is 16.6 Å². The number of amides is 1. The van der Waals surface area contributed by atoms with Gasteiger partial charge in [0.15, 0.2) is 4.34 Å². The van der Waals surface area contributed by atoms with Crippen LogP contribution in [0.15, 0.2) is 22.5 Å². The monoisotopic (exact) mass is 325 g/mol. The van der Waals surface area contributed by atoms with Crippen LogP contribution in [0.4, 0.5) is 5.69 Å². The first-order valence-electron chi connectivity index (χ1n) is 6.77. The molecule has 0 bridgehead atoms. The fourth-order valence-corrected chi connectivity index (χ4v) is 3.98. The second kappa shape index (κ2) is 7.00. The van der Waals surface area contributed by atoms with E-state index in [1.807, 2.05) is 0 Å². The summed E-state index contributed by atoms with van der Waals surface area (Å²) in [5, 5.41) is 2.78. The lowest BCUT2D eigenvalue weighted by Gasteiger charge is -2.06. The highest BCUT2D eigenvalue weighted by atomic mass is 32.2. The van der Waals surface area contributed by atoms with Gasteiger partial charge in [-0.3, -0.25) is 9.00 Å². The van der Waals surface area contributed by atoms with Gasteiger partial charge in [0.25, 0.3) is 0 Å². The molecular weight excluding hydrogens is 306 g/mol. The number of thiazole rings is 1. The number of aromatic nitrogens is 1. The van der Waals surface area contributed by atoms with Crippen molar-refractivity contribution in [2.75, 3.05) is 18.0 Å². The summed E-state index contributed by atoms with van der Waals surface area (Å²) in [6.45, 7) is 4.80. The van der Waals surface area contributed by atoms with Gasteiger partial charge in [-0.25, -0.2) is 4.98 Å². The summed E-state index contributed by atoms with van der Waals surface area (Å²) in [7, 11) is -1.41. The first-order valence-corrected chi connectivity index (χ1v) is 8.90. The van der Waals surface area contributed by atoms with Crippen molar-refractivity contribution in [3.63, 3.8) is 0 Å². The van der Waals surface area contributed by atoms with Crippen LogP contribution in [0.5, 0.6) is 0 Å². The van der Waals surface area contributed by atoms with Gasteiger partial charge in [-0.15, -0.1) is 11.3 Å². The molecule has 0 aliphatic carbocycles. The molecule has 2 aromatic rings. The zero-order valence-corrected chi connectivity index (χ0v) is 13.7. The summed E-state index contributed by atoms with van der Waals surface area (Å²) in [4.78, 5) is 16.0. The number of nitrogens with zero attached hydrogens (tertiary/aromatic N) is 1. The minimum Gasteiger partial charge on any atom is -0.399 e. The lowest BCUT2D eigenvalue weighted by molar-refractivity contribution is -0.118. The van der Waals surface area contributed by atoms with Gasteiger partial charge >= 0.3 is 0 Å². The highest BCUT2D eigenvalue weighted by Gasteiger charge is 2.14. The second-order valence-electron chi connectivity index (χ2n) is 5.23. The minimum absolute atomic E-state index is 0.0482. The largest absolute Gasteiger partial charge is 0.399 e. The predicted molar refractivity (Wildman–Crippen MR) is 87.8 cm³/mol. The van der Waals surface area contributed by atoms with Crippen LogP contribution in [0.2, 0.25) is 0 Å². The molecule has 1 amide bonds. The summed E-state index contributed by atoms with van der Waals surface area (Å²) in [6, 6.07) is 5.36. The molecule has 5 nitrogen and oxygen atoms in total. The molecular formula is C14H19N3O2S2. The number of hydrogen-bond acceptors (Lipinski definition) is 5. The molecule has 1 aromatic heterocycles. The quantitative estimate of drug-likeness (QED) is 0.797. The van der Waals surface area contributed by atoms with Gasteiger partial charge < -0.3 is 11.1 Å². The molecule has 0 aliphatic heterocycles. The predicted octanol–water partition coefficient (Wildman–Crippen LogP) is 2.15. The number of nitrogen functional groups attached to an aromatic ring is 1. The summed E-state index contributed by atoms with van der Waals surface area (Å²) in [5.41, 5.74) is 7.12. The molecule has 3 N–H and O–H groups in total. The number of hydrogen-bond donors (Lipinski definition) is 2. The number of rotatable bonds is 6. The smallest absolute Gasteiger partial charge is 0.233 e. The number of fused-ring (bicyclic) bond motifs is 1. The van der Waals surface area contributed by atoms with Crippen molar-refractivity contribution in [3.05, 3.63) is 18.2 Å². The van der Waals surface area contributed by atoms with Crippen molar-refractivity contribution in [1.29, 1.82) is 0 Å². The summed E-state index contributed by atoms with van der Waals surface area (Å²) < 4.78 is 13.5. The molecule has 114 valence electrons. The molecule has 21 heavy (non-hydrogen) atoms. The minimum atomic E-state index is -1.41. The Morgan fingerprint density at radius 3 is 2.95 bits per heavy atom. The molecule has 0 aliphatic rings. The Balaban J connectivity index is 1.97. The lowest BCUT2D eigenvalue weighted by atomic mass is 10.1. The van der Waals surface area contributed by atoms with E-state index in [9.17, 15) is 9.00 Å². The Labute approximate surface area is 130 Å². The van der Waals surface area contributed by atoms with Gasteiger partial charge in [0, 0.05) is 12.2 Å². The summed E-state index contributed by atoms with van der Waals surface area (Å²) >= 11 is 1.32. The Hall–Kier alpha value is -1.47. The highest BCUT2D eigenvalue weighted by molar-refractivity contribution is 7.88. The maximum Gasteiger partial charge on any atom is 0.233 e. The van der Waals surface area contributed by atoms with E-state index < -0.39 is 10.8 Å². The summed E-state index contributed by atoms with van der Waals surface area (Å²) in [6.07, 6.45) is 0.915. The third-order valence-corrected chi connectivity index (χ3v) is 5.52. The fraction of sp³-hybridized carbons (Fsp3) is 0.429. The SMILES string of the molecule is CC(C)CCNC(=O)CS(=O)c1nc2ccc(N)cc2s1. The number of benzene rings is 1. The van der Waals surface area contributed by atoms with Crippen LogP contribution >= 0.6 is 11.3 Å². The molecule has 0 spiro atoms. The normalized spacial score (nSPS) is 12.7. The Morgan fingerprint density at radius 2 is 2.24 bits per heavy atom. The van der Waals surface area contributed by atoms with Crippen molar-refractivity contribution in [2.24, 2.45) is 5.92 Å². The van der Waals surface area contributed by atoms with E-state index in [1.165, 1.54) is 11.3 Å². The van der Waals surface area contributed by atoms with E-state index in [4.69, 9.17) is 5.73 Å². The zero-order chi connectivity index (χ0) is 15.4. The molecule has 7 heteroatoms. The van der Waals surface area contributed by atoms with Crippen LogP contribution in [0.25, 0.3) is 10.2 Å². The number of anilines is 1. The molecule has 1 heterocycles. The number of nitrogens with two attached hydrogens (primary N) is 1. The van der Waals surface area contributed by atoms with Gasteiger partial charge in [0.2, 0.25) is 5.91 Å². The molecule has 1 atom stereocenters. The van der Waals surface area contributed by atoms with E-state index in [-0.39, 0.29) is 11.7 Å². The molecule has 0 radical (unpaired) electrons. The Kier molecular flexibility index (Phi) is 5.30. The van der Waals surface area contributed by atoms with Gasteiger partial charge in [-0.1, -0.05) is 13.8 Å². The van der Waals surface area contributed by atoms with Crippen LogP contribution in [-0.4, -0.2) is 27.4 Å². The molecule has 1 unspecified atom stereocenters. The van der Waals surface area contributed by atoms with Crippen LogP contribution in [-0.2, 0) is 15.6 Å². The lowest BCUT2D eigenvalue weighted by Crippen LogP contribution is -2.29. The Morgan fingerprint density at radius 1 is 1.48 bits per heavy atom. The standard InChI is InChI=1S/C14H19N3O2S2/c1-9(2)5-6-16-13(18)8-21(19)14-17-11-4-3-10(15)7-12(11)20-14/h3-4,7,9H,5-6,8,15H2,1-2H3,(H,16,18). The van der Waals surface area contributed by atoms with Crippen LogP contribution in [0.1, 0.15) is 20.3 Å². The van der Waals surface area contributed by atoms with Crippen molar-refractivity contribution in [1.82, 2.24) is 10.3 Å². The van der Waals surface area contributed by atoms with Crippen LogP contribution in [0, 0.1) is 5.92 Å². The number of nitrogens with one attached hydrogen (secondary N) is 1. The van der Waals surface area contributed by atoms with Crippen molar-refractivity contribution in [2.45, 2.75) is 24.6 Å². The Bertz CT molecular complexity index is 667. The maximum absolute atomic E-state index is 12.2. The van der Waals surface area contributed by atoms with E-state index in [1.54, 1.807) is 18.2 Å². The average Bonchev–Trinajstić information content (AvgIpc) is 2.81. The van der Waals surface area contributed by atoms with Crippen molar-refractivity contribution >= 4 is 43.9 Å². The van der Waals surface area contributed by atoms with Crippen molar-refractivity contribution < 1.29 is 9.00 Å². The molecule has 2 rings (SSSR count). The third kappa shape index (κ3) is 4.50. The summed E-state index contributed by atoms with van der Waals surface area (Å²) in [5.74, 6) is 0.284. The average molecular weight is 325 g/mol. The first kappa shape index (κ1) is 15.9. The number of carbonyl (C=O) groups is 1. The van der Waals surface area contributed by atoms with E-state index in [0.29, 0.717) is 22.5 Å². The first-order chi connectivity index (χ1) is 9.95. The third-order valence-electron chi connectivity index (χ3n) is 2.89. The van der Waals surface area contributed by atoms with E-state index >= 15 is 0 Å². The van der Waals surface area contributed by atoms with Crippen molar-refractivity contribution in [3.8, 4) is 0 Å². The van der Waals surface area contributed by atoms with Gasteiger partial charge in [0.05, 0.1) is 21.0 Å².